The van der Waals surface area contributed by atoms with E-state index in [1.54, 1.807) is 6.07 Å². The van der Waals surface area contributed by atoms with Crippen molar-refractivity contribution in [1.29, 1.82) is 0 Å². The summed E-state index contributed by atoms with van der Waals surface area (Å²) in [4.78, 5) is 2.33. The first-order chi connectivity index (χ1) is 13.9. The molecule has 172 valence electrons. The van der Waals surface area contributed by atoms with Crippen LogP contribution in [0.5, 0.6) is 5.75 Å². The van der Waals surface area contributed by atoms with Gasteiger partial charge in [0.2, 0.25) is 10.0 Å². The molecule has 1 atom stereocenters. The lowest BCUT2D eigenvalue weighted by Crippen LogP contribution is -3.00. The molecule has 1 saturated heterocycles. The van der Waals surface area contributed by atoms with Gasteiger partial charge in [-0.1, -0.05) is 30.9 Å². The number of aliphatic hydroxyl groups excluding tert-OH is 1. The van der Waals surface area contributed by atoms with Gasteiger partial charge < -0.3 is 31.9 Å². The summed E-state index contributed by atoms with van der Waals surface area (Å²) in [5.41, 5.74) is 0. The largest absolute Gasteiger partial charge is 1.00 e. The van der Waals surface area contributed by atoms with Crippen LogP contribution in [0.15, 0.2) is 23.1 Å². The van der Waals surface area contributed by atoms with Crippen LogP contribution < -0.4 is 17.1 Å². The fraction of sp³-hybridized carbons (Fsp3) is 0.700. The van der Waals surface area contributed by atoms with Crippen molar-refractivity contribution in [3.63, 3.8) is 0 Å². The topological polar surface area (TPSA) is 79.3 Å². The number of sulfonamides is 1. The number of morpholine rings is 1. The molecule has 1 saturated carbocycles. The summed E-state index contributed by atoms with van der Waals surface area (Å²) in [7, 11) is -1.56. The molecule has 0 amide bonds. The number of halogens is 2. The van der Waals surface area contributed by atoms with Crippen LogP contribution in [0.1, 0.15) is 32.1 Å². The van der Waals surface area contributed by atoms with Crippen LogP contribution in [0, 0.1) is 0 Å². The molecule has 1 unspecified atom stereocenters. The Kier molecular flexibility index (Phi) is 10.1. The number of rotatable bonds is 8. The third kappa shape index (κ3) is 6.69. The summed E-state index contributed by atoms with van der Waals surface area (Å²) in [5.74, 6) is 0.368. The van der Waals surface area contributed by atoms with Crippen molar-refractivity contribution in [3.05, 3.63) is 23.2 Å². The Morgan fingerprint density at radius 2 is 1.93 bits per heavy atom. The first kappa shape index (κ1) is 25.6. The highest BCUT2D eigenvalue weighted by Gasteiger charge is 2.27. The fourth-order valence-corrected chi connectivity index (χ4v) is 5.67. The molecular weight excluding hydrogens is 451 g/mol. The van der Waals surface area contributed by atoms with E-state index in [2.05, 4.69) is 4.90 Å². The van der Waals surface area contributed by atoms with Gasteiger partial charge in [0.05, 0.1) is 23.1 Å². The zero-order valence-corrected chi connectivity index (χ0v) is 19.6. The van der Waals surface area contributed by atoms with Crippen molar-refractivity contribution < 1.29 is 35.4 Å². The third-order valence-corrected chi connectivity index (χ3v) is 7.83. The molecule has 1 N–H and O–H groups in total. The van der Waals surface area contributed by atoms with Crippen LogP contribution in [-0.4, -0.2) is 81.4 Å². The minimum atomic E-state index is -3.60. The molecule has 0 aromatic heterocycles. The van der Waals surface area contributed by atoms with Crippen LogP contribution in [0.4, 0.5) is 0 Å². The lowest BCUT2D eigenvalue weighted by atomic mass is 9.94. The molecule has 2 fully saturated rings. The Morgan fingerprint density at radius 1 is 1.27 bits per heavy atom. The highest BCUT2D eigenvalue weighted by molar-refractivity contribution is 7.89. The van der Waals surface area contributed by atoms with Gasteiger partial charge in [-0.25, -0.2) is 8.42 Å². The normalized spacial score (nSPS) is 20.0. The highest BCUT2D eigenvalue weighted by atomic mass is 35.5. The lowest BCUT2D eigenvalue weighted by molar-refractivity contribution is -0.0000111. The number of hydrogen-bond acceptors (Lipinski definition) is 6. The second kappa shape index (κ2) is 11.9. The zero-order chi connectivity index (χ0) is 20.9. The lowest BCUT2D eigenvalue weighted by Gasteiger charge is -2.32. The van der Waals surface area contributed by atoms with E-state index in [0.29, 0.717) is 44.6 Å². The molecule has 7 nitrogen and oxygen atoms in total. The van der Waals surface area contributed by atoms with E-state index in [-0.39, 0.29) is 28.9 Å². The molecule has 2 aliphatic rings. The average molecular weight is 482 g/mol. The smallest absolute Gasteiger partial charge is 0.243 e. The van der Waals surface area contributed by atoms with Crippen molar-refractivity contribution in [3.8, 4) is 5.75 Å². The number of aliphatic hydroxyl groups is 1. The Hall–Kier alpha value is -0.610. The maximum Gasteiger partial charge on any atom is 0.243 e. The number of nitrogens with zero attached hydrogens (tertiary/aromatic N) is 2. The van der Waals surface area contributed by atoms with E-state index < -0.39 is 16.1 Å². The zero-order valence-electron chi connectivity index (χ0n) is 17.3. The molecule has 3 rings (SSSR count). The molecule has 0 bridgehead atoms. The molecule has 1 aliphatic carbocycles. The number of ether oxygens (including phenoxy) is 2. The number of hydrogen-bond donors (Lipinski definition) is 1. The van der Waals surface area contributed by atoms with Gasteiger partial charge in [-0.2, -0.15) is 4.31 Å². The maximum atomic E-state index is 12.7. The van der Waals surface area contributed by atoms with Crippen LogP contribution in [0.25, 0.3) is 0 Å². The van der Waals surface area contributed by atoms with E-state index in [0.717, 1.165) is 0 Å². The Labute approximate surface area is 190 Å². The van der Waals surface area contributed by atoms with Crippen molar-refractivity contribution in [2.75, 3.05) is 46.5 Å². The summed E-state index contributed by atoms with van der Waals surface area (Å²) >= 11 is 6.26. The van der Waals surface area contributed by atoms with Gasteiger partial charge in [0.25, 0.3) is 0 Å². The van der Waals surface area contributed by atoms with Gasteiger partial charge in [0.15, 0.2) is 0 Å². The van der Waals surface area contributed by atoms with Crippen LogP contribution in [0.2, 0.25) is 5.02 Å². The highest BCUT2D eigenvalue weighted by Crippen LogP contribution is 2.29. The predicted molar refractivity (Wildman–Crippen MR) is 112 cm³/mol. The van der Waals surface area contributed by atoms with Crippen molar-refractivity contribution in [2.45, 2.75) is 49.1 Å². The molecule has 1 aromatic rings. The average Bonchev–Trinajstić information content (AvgIpc) is 2.74. The second-order valence-electron chi connectivity index (χ2n) is 7.80. The number of likely N-dealkylation sites (N-methyl/N-ethyl adjacent to an activating group) is 1. The van der Waals surface area contributed by atoms with Crippen molar-refractivity contribution in [2.24, 2.45) is 0 Å². The third-order valence-electron chi connectivity index (χ3n) is 5.64. The Balaban J connectivity index is 0.00000320. The van der Waals surface area contributed by atoms with Crippen LogP contribution in [0.3, 0.4) is 0 Å². The van der Waals surface area contributed by atoms with Crippen molar-refractivity contribution >= 4 is 21.6 Å². The minimum Gasteiger partial charge on any atom is -1.00 e. The van der Waals surface area contributed by atoms with Crippen molar-refractivity contribution in [1.82, 2.24) is 9.21 Å². The van der Waals surface area contributed by atoms with Gasteiger partial charge in [-0.3, -0.25) is 0 Å². The molecular formula is C20H31Cl2N2O5S-. The van der Waals surface area contributed by atoms with Gasteiger partial charge >= 0.3 is 0 Å². The molecule has 10 heteroatoms. The summed E-state index contributed by atoms with van der Waals surface area (Å²) in [5, 5.41) is 10.5. The Morgan fingerprint density at radius 3 is 2.57 bits per heavy atom. The molecule has 1 aliphatic heterocycles. The van der Waals surface area contributed by atoms with E-state index >= 15 is 0 Å². The molecule has 0 radical (unpaired) electrons. The minimum absolute atomic E-state index is 0. The monoisotopic (exact) mass is 481 g/mol. The SMILES string of the molecule is CN(CC(O)COc1ccc(S(=O)(=O)N2CCOCC2)cc1Cl)C1CCCCC1.[Cl-]. The summed E-state index contributed by atoms with van der Waals surface area (Å²) < 4.78 is 37.7. The molecule has 1 aromatic carbocycles. The first-order valence-electron chi connectivity index (χ1n) is 10.3. The van der Waals surface area contributed by atoms with Crippen LogP contribution >= 0.6 is 11.6 Å². The van der Waals surface area contributed by atoms with E-state index in [4.69, 9.17) is 21.1 Å². The first-order valence-corrected chi connectivity index (χ1v) is 12.1. The standard InChI is InChI=1S/C20H31ClN2O5S.ClH/c1-22(16-5-3-2-4-6-16)14-17(24)15-28-20-8-7-18(13-19(20)21)29(25,26)23-9-11-27-12-10-23;/h7-8,13,16-17,24H,2-6,9-12,14-15H2,1H3;1H/p-1. The maximum absolute atomic E-state index is 12.7. The van der Waals surface area contributed by atoms with Gasteiger partial charge in [0.1, 0.15) is 18.5 Å². The summed E-state index contributed by atoms with van der Waals surface area (Å²) in [6, 6.07) is 4.97. The predicted octanol–water partition coefficient (Wildman–Crippen LogP) is -0.631. The van der Waals surface area contributed by atoms with Gasteiger partial charge in [-0.15, -0.1) is 0 Å². The van der Waals surface area contributed by atoms with Gasteiger partial charge in [0, 0.05) is 25.7 Å². The molecule has 1 heterocycles. The second-order valence-corrected chi connectivity index (χ2v) is 10.2. The number of benzene rings is 1. The summed E-state index contributed by atoms with van der Waals surface area (Å²) in [6.45, 7) is 2.08. The summed E-state index contributed by atoms with van der Waals surface area (Å²) in [6.07, 6.45) is 5.50. The fourth-order valence-electron chi connectivity index (χ4n) is 3.94. The molecule has 0 spiro atoms. The van der Waals surface area contributed by atoms with E-state index in [9.17, 15) is 13.5 Å². The van der Waals surface area contributed by atoms with E-state index in [1.807, 2.05) is 7.05 Å². The van der Waals surface area contributed by atoms with Gasteiger partial charge in [-0.05, 0) is 38.1 Å². The molecule has 30 heavy (non-hydrogen) atoms. The Bertz CT molecular complexity index is 768. The quantitative estimate of drug-likeness (QED) is 0.532. The van der Waals surface area contributed by atoms with Crippen LogP contribution in [-0.2, 0) is 14.8 Å². The van der Waals surface area contributed by atoms with E-state index in [1.165, 1.54) is 48.5 Å².